The summed E-state index contributed by atoms with van der Waals surface area (Å²) in [5.41, 5.74) is 0. The van der Waals surface area contributed by atoms with E-state index in [2.05, 4.69) is 18.2 Å². The summed E-state index contributed by atoms with van der Waals surface area (Å²) in [7, 11) is 0. The van der Waals surface area contributed by atoms with Crippen LogP contribution < -0.4 is 0 Å². The van der Waals surface area contributed by atoms with Gasteiger partial charge in [0.2, 0.25) is 0 Å². The second kappa shape index (κ2) is 11.1. The summed E-state index contributed by atoms with van der Waals surface area (Å²) >= 11 is 0. The number of rotatable bonds is 7. The maximum absolute atomic E-state index is 5.80. The van der Waals surface area contributed by atoms with Crippen molar-refractivity contribution in [1.29, 1.82) is 0 Å². The second-order valence-corrected chi connectivity index (χ2v) is 8.50. The van der Waals surface area contributed by atoms with E-state index in [-0.39, 0.29) is 0 Å². The quantitative estimate of drug-likeness (QED) is 0.219. The zero-order valence-corrected chi connectivity index (χ0v) is 16.0. The van der Waals surface area contributed by atoms with Gasteiger partial charge in [0.05, 0.1) is 12.4 Å². The molecular formula is C23H38O2. The first-order chi connectivity index (χ1) is 12.4. The van der Waals surface area contributed by atoms with Gasteiger partial charge in [-0.2, -0.15) is 0 Å². The summed E-state index contributed by atoms with van der Waals surface area (Å²) < 4.78 is 11.4. The van der Waals surface area contributed by atoms with Gasteiger partial charge in [0.25, 0.3) is 0 Å². The number of ether oxygens (including phenoxy) is 2. The minimum atomic E-state index is 0.431. The van der Waals surface area contributed by atoms with Crippen molar-refractivity contribution in [2.24, 2.45) is 17.8 Å². The van der Waals surface area contributed by atoms with Crippen LogP contribution in [0.4, 0.5) is 0 Å². The number of allylic oxidation sites excluding steroid dienone is 3. The normalized spacial score (nSPS) is 30.2. The summed E-state index contributed by atoms with van der Waals surface area (Å²) in [6.45, 7) is 0.431. The third-order valence-corrected chi connectivity index (χ3v) is 6.49. The summed E-state index contributed by atoms with van der Waals surface area (Å²) in [4.78, 5) is 0. The fraction of sp³-hybridized carbons (Fsp3) is 0.826. The molecule has 0 spiro atoms. The molecule has 0 aromatic heterocycles. The fourth-order valence-electron chi connectivity index (χ4n) is 4.74. The lowest BCUT2D eigenvalue weighted by atomic mass is 9.80. The number of hydrogen-bond acceptors (Lipinski definition) is 2. The Morgan fingerprint density at radius 3 is 1.72 bits per heavy atom. The summed E-state index contributed by atoms with van der Waals surface area (Å²) in [6, 6.07) is 0. The van der Waals surface area contributed by atoms with Crippen LogP contribution in [0.2, 0.25) is 0 Å². The molecule has 0 aromatic carbocycles. The Morgan fingerprint density at radius 2 is 1.08 bits per heavy atom. The summed E-state index contributed by atoms with van der Waals surface area (Å²) in [5, 5.41) is 0. The van der Waals surface area contributed by atoms with Gasteiger partial charge in [-0.05, 0) is 75.2 Å². The van der Waals surface area contributed by atoms with Crippen LogP contribution in [0.1, 0.15) is 89.9 Å². The third kappa shape index (κ3) is 7.17. The summed E-state index contributed by atoms with van der Waals surface area (Å²) in [5.74, 6) is 2.40. The van der Waals surface area contributed by atoms with Crippen molar-refractivity contribution >= 4 is 0 Å². The Bertz CT molecular complexity index is 394. The van der Waals surface area contributed by atoms with Gasteiger partial charge in [0.15, 0.2) is 6.79 Å². The molecule has 3 saturated carbocycles. The molecule has 0 saturated heterocycles. The van der Waals surface area contributed by atoms with E-state index in [1.54, 1.807) is 0 Å². The first-order valence-electron chi connectivity index (χ1n) is 11.0. The van der Waals surface area contributed by atoms with Gasteiger partial charge in [0, 0.05) is 0 Å². The van der Waals surface area contributed by atoms with E-state index < -0.39 is 0 Å². The highest BCUT2D eigenvalue weighted by Gasteiger charge is 2.18. The van der Waals surface area contributed by atoms with Gasteiger partial charge in [-0.25, -0.2) is 0 Å². The predicted octanol–water partition coefficient (Wildman–Crippen LogP) is 6.77. The van der Waals surface area contributed by atoms with E-state index in [1.165, 1.54) is 89.9 Å². The van der Waals surface area contributed by atoms with Crippen LogP contribution in [0.25, 0.3) is 0 Å². The van der Waals surface area contributed by atoms with Crippen LogP contribution in [0, 0.1) is 17.8 Å². The molecule has 2 heteroatoms. The van der Waals surface area contributed by atoms with Gasteiger partial charge in [0.1, 0.15) is 0 Å². The molecule has 3 rings (SSSR count). The Morgan fingerprint density at radius 1 is 0.560 bits per heavy atom. The van der Waals surface area contributed by atoms with Gasteiger partial charge < -0.3 is 9.47 Å². The highest BCUT2D eigenvalue weighted by Crippen LogP contribution is 2.32. The SMILES string of the molecule is C(=CC1CCC(C=CC2CCCCC2)CC1)OCOC1CCCCC1. The standard InChI is InChI=1S/C23H38O2/c1-3-7-20(8-4-1)11-12-21-13-15-22(16-14-21)17-18-24-19-25-23-9-5-2-6-10-23/h11-12,17-18,20-23H,1-10,13-16,19H2. The average Bonchev–Trinajstić information content (AvgIpc) is 2.69. The molecule has 3 aliphatic carbocycles. The molecule has 0 unspecified atom stereocenters. The Balaban J connectivity index is 1.25. The minimum absolute atomic E-state index is 0.431. The zero-order chi connectivity index (χ0) is 17.2. The Labute approximate surface area is 155 Å². The molecule has 3 fully saturated rings. The van der Waals surface area contributed by atoms with E-state index in [0.717, 1.165) is 11.8 Å². The van der Waals surface area contributed by atoms with Crippen molar-refractivity contribution in [3.63, 3.8) is 0 Å². The number of hydrogen-bond donors (Lipinski definition) is 0. The molecule has 0 radical (unpaired) electrons. The smallest absolute Gasteiger partial charge is 0.188 e. The molecule has 3 aliphatic rings. The summed E-state index contributed by atoms with van der Waals surface area (Å²) in [6.07, 6.45) is 28.6. The largest absolute Gasteiger partial charge is 0.475 e. The zero-order valence-electron chi connectivity index (χ0n) is 16.0. The van der Waals surface area contributed by atoms with Crippen molar-refractivity contribution in [3.05, 3.63) is 24.5 Å². The maximum atomic E-state index is 5.80. The van der Waals surface area contributed by atoms with Gasteiger partial charge >= 0.3 is 0 Å². The van der Waals surface area contributed by atoms with Crippen LogP contribution in [0.3, 0.4) is 0 Å². The van der Waals surface area contributed by atoms with Crippen LogP contribution in [-0.2, 0) is 9.47 Å². The fourth-order valence-corrected chi connectivity index (χ4v) is 4.74. The lowest BCUT2D eigenvalue weighted by molar-refractivity contribution is -0.0687. The van der Waals surface area contributed by atoms with E-state index in [4.69, 9.17) is 9.47 Å². The molecular weight excluding hydrogens is 308 g/mol. The molecule has 0 amide bonds. The minimum Gasteiger partial charge on any atom is -0.475 e. The molecule has 0 aliphatic heterocycles. The highest BCUT2D eigenvalue weighted by atomic mass is 16.7. The lowest BCUT2D eigenvalue weighted by Crippen LogP contribution is -2.17. The molecule has 0 aromatic rings. The molecule has 0 N–H and O–H groups in total. The molecule has 0 bridgehead atoms. The van der Waals surface area contributed by atoms with Crippen molar-refractivity contribution in [2.75, 3.05) is 6.79 Å². The third-order valence-electron chi connectivity index (χ3n) is 6.49. The second-order valence-electron chi connectivity index (χ2n) is 8.50. The monoisotopic (exact) mass is 346 g/mol. The van der Waals surface area contributed by atoms with Crippen molar-refractivity contribution in [3.8, 4) is 0 Å². The van der Waals surface area contributed by atoms with Gasteiger partial charge in [-0.3, -0.25) is 0 Å². The van der Waals surface area contributed by atoms with Crippen molar-refractivity contribution in [1.82, 2.24) is 0 Å². The van der Waals surface area contributed by atoms with E-state index in [9.17, 15) is 0 Å². The van der Waals surface area contributed by atoms with E-state index in [0.29, 0.717) is 18.8 Å². The highest BCUT2D eigenvalue weighted by molar-refractivity contribution is 4.97. The first-order valence-corrected chi connectivity index (χ1v) is 11.0. The van der Waals surface area contributed by atoms with E-state index >= 15 is 0 Å². The van der Waals surface area contributed by atoms with E-state index in [1.807, 2.05) is 6.26 Å². The molecule has 2 nitrogen and oxygen atoms in total. The Kier molecular flexibility index (Phi) is 8.41. The predicted molar refractivity (Wildman–Crippen MR) is 104 cm³/mol. The maximum Gasteiger partial charge on any atom is 0.188 e. The first kappa shape index (κ1) is 19.0. The molecule has 142 valence electrons. The topological polar surface area (TPSA) is 18.5 Å². The lowest BCUT2D eigenvalue weighted by Gasteiger charge is -2.25. The molecule has 25 heavy (non-hydrogen) atoms. The van der Waals surface area contributed by atoms with Crippen LogP contribution >= 0.6 is 0 Å². The van der Waals surface area contributed by atoms with Crippen LogP contribution in [0.15, 0.2) is 24.5 Å². The van der Waals surface area contributed by atoms with Gasteiger partial charge in [-0.1, -0.05) is 50.7 Å². The van der Waals surface area contributed by atoms with Gasteiger partial charge in [-0.15, -0.1) is 0 Å². The van der Waals surface area contributed by atoms with Crippen LogP contribution in [-0.4, -0.2) is 12.9 Å². The van der Waals surface area contributed by atoms with Crippen LogP contribution in [0.5, 0.6) is 0 Å². The Hall–Kier alpha value is -0.760. The van der Waals surface area contributed by atoms with Crippen molar-refractivity contribution in [2.45, 2.75) is 96.0 Å². The van der Waals surface area contributed by atoms with Crippen molar-refractivity contribution < 1.29 is 9.47 Å². The molecule has 0 atom stereocenters. The average molecular weight is 347 g/mol. The molecule has 0 heterocycles.